The van der Waals surface area contributed by atoms with E-state index in [-0.39, 0.29) is 0 Å². The van der Waals surface area contributed by atoms with Gasteiger partial charge in [0.15, 0.2) is 11.5 Å². The number of benzene rings is 1. The van der Waals surface area contributed by atoms with Crippen LogP contribution in [-0.4, -0.2) is 44.4 Å². The highest BCUT2D eigenvalue weighted by Crippen LogP contribution is 2.44. The zero-order valence-corrected chi connectivity index (χ0v) is 13.1. The zero-order chi connectivity index (χ0) is 15.4. The molecule has 0 unspecified atom stereocenters. The second-order valence-electron chi connectivity index (χ2n) is 4.41. The van der Waals surface area contributed by atoms with Crippen molar-refractivity contribution in [1.82, 2.24) is 9.97 Å². The maximum atomic E-state index is 5.48. The summed E-state index contributed by atoms with van der Waals surface area (Å²) in [6.45, 7) is 5.91. The third-order valence-electron chi connectivity index (χ3n) is 3.47. The maximum absolute atomic E-state index is 5.48. The quantitative estimate of drug-likeness (QED) is 0.815. The molecule has 1 heterocycles. The minimum Gasteiger partial charge on any atom is -0.493 e. The van der Waals surface area contributed by atoms with Crippen LogP contribution in [0.15, 0.2) is 12.4 Å². The minimum atomic E-state index is 0.539. The Morgan fingerprint density at radius 3 is 2.14 bits per heavy atom. The van der Waals surface area contributed by atoms with Gasteiger partial charge in [-0.25, -0.2) is 9.97 Å². The number of aromatic nitrogens is 2. The minimum absolute atomic E-state index is 0.539. The molecule has 2 rings (SSSR count). The van der Waals surface area contributed by atoms with Gasteiger partial charge in [-0.2, -0.15) is 0 Å². The number of rotatable bonds is 6. The van der Waals surface area contributed by atoms with Crippen molar-refractivity contribution in [1.29, 1.82) is 0 Å². The van der Waals surface area contributed by atoms with Gasteiger partial charge in [0, 0.05) is 13.1 Å². The predicted octanol–water partition coefficient (Wildman–Crippen LogP) is 2.50. The summed E-state index contributed by atoms with van der Waals surface area (Å²) in [5.41, 5.74) is 0.715. The molecule has 1 aromatic carbocycles. The molecule has 0 radical (unpaired) electrons. The van der Waals surface area contributed by atoms with E-state index < -0.39 is 0 Å². The SMILES string of the molecule is CCN(CC)c1ncnc2c(OC)c(OC)c(OC)cc12. The number of ether oxygens (including phenoxy) is 3. The Kier molecular flexibility index (Phi) is 4.67. The van der Waals surface area contributed by atoms with Gasteiger partial charge in [-0.15, -0.1) is 0 Å². The van der Waals surface area contributed by atoms with Gasteiger partial charge in [-0.1, -0.05) is 0 Å². The first-order valence-corrected chi connectivity index (χ1v) is 6.90. The van der Waals surface area contributed by atoms with Crippen molar-refractivity contribution in [2.24, 2.45) is 0 Å². The summed E-state index contributed by atoms with van der Waals surface area (Å²) >= 11 is 0. The van der Waals surface area contributed by atoms with E-state index in [0.29, 0.717) is 22.8 Å². The lowest BCUT2D eigenvalue weighted by molar-refractivity contribution is 0.327. The van der Waals surface area contributed by atoms with Crippen LogP contribution in [0.4, 0.5) is 5.82 Å². The van der Waals surface area contributed by atoms with Crippen LogP contribution >= 0.6 is 0 Å². The van der Waals surface area contributed by atoms with Gasteiger partial charge in [0.25, 0.3) is 0 Å². The maximum Gasteiger partial charge on any atom is 0.205 e. The Labute approximate surface area is 124 Å². The number of hydrogen-bond acceptors (Lipinski definition) is 6. The Balaban J connectivity index is 2.81. The third-order valence-corrected chi connectivity index (χ3v) is 3.47. The first-order valence-electron chi connectivity index (χ1n) is 6.90. The number of fused-ring (bicyclic) bond motifs is 1. The average molecular weight is 291 g/mol. The highest BCUT2D eigenvalue weighted by molar-refractivity contribution is 5.97. The van der Waals surface area contributed by atoms with Crippen LogP contribution in [0.25, 0.3) is 10.9 Å². The fourth-order valence-corrected chi connectivity index (χ4v) is 2.43. The van der Waals surface area contributed by atoms with E-state index in [1.165, 1.54) is 0 Å². The zero-order valence-electron chi connectivity index (χ0n) is 13.1. The number of nitrogens with zero attached hydrogens (tertiary/aromatic N) is 3. The molecule has 2 aromatic rings. The van der Waals surface area contributed by atoms with Crippen molar-refractivity contribution >= 4 is 16.7 Å². The molecule has 0 fully saturated rings. The molecule has 0 aliphatic heterocycles. The van der Waals surface area contributed by atoms with Crippen molar-refractivity contribution in [3.8, 4) is 17.2 Å². The normalized spacial score (nSPS) is 10.5. The molecule has 0 atom stereocenters. The first-order chi connectivity index (χ1) is 10.2. The molecule has 0 spiro atoms. The molecule has 1 aromatic heterocycles. The van der Waals surface area contributed by atoms with Crippen LogP contribution in [0.5, 0.6) is 17.2 Å². The first kappa shape index (κ1) is 15.2. The molecule has 0 aliphatic rings. The summed E-state index contributed by atoms with van der Waals surface area (Å²) in [6.07, 6.45) is 1.55. The smallest absolute Gasteiger partial charge is 0.205 e. The lowest BCUT2D eigenvalue weighted by Gasteiger charge is -2.22. The number of anilines is 1. The van der Waals surface area contributed by atoms with E-state index in [4.69, 9.17) is 14.2 Å². The molecule has 0 saturated carbocycles. The second-order valence-corrected chi connectivity index (χ2v) is 4.41. The fraction of sp³-hybridized carbons (Fsp3) is 0.467. The van der Waals surface area contributed by atoms with E-state index >= 15 is 0 Å². The molecule has 21 heavy (non-hydrogen) atoms. The van der Waals surface area contributed by atoms with Crippen molar-refractivity contribution in [3.05, 3.63) is 12.4 Å². The van der Waals surface area contributed by atoms with E-state index in [0.717, 1.165) is 24.3 Å². The predicted molar refractivity (Wildman–Crippen MR) is 82.8 cm³/mol. The van der Waals surface area contributed by atoms with Crippen LogP contribution in [-0.2, 0) is 0 Å². The van der Waals surface area contributed by atoms with Gasteiger partial charge in [0.05, 0.1) is 26.7 Å². The van der Waals surface area contributed by atoms with E-state index in [1.807, 2.05) is 6.07 Å². The monoisotopic (exact) mass is 291 g/mol. The van der Waals surface area contributed by atoms with Crippen molar-refractivity contribution < 1.29 is 14.2 Å². The van der Waals surface area contributed by atoms with E-state index in [9.17, 15) is 0 Å². The highest BCUT2D eigenvalue weighted by atomic mass is 16.5. The lowest BCUT2D eigenvalue weighted by Crippen LogP contribution is -2.23. The standard InChI is InChI=1S/C15H21N3O3/c1-6-18(7-2)15-10-8-11(19-3)13(20-4)14(21-5)12(10)16-9-17-15/h8-9H,6-7H2,1-5H3. The largest absolute Gasteiger partial charge is 0.493 e. The van der Waals surface area contributed by atoms with Gasteiger partial charge in [0.2, 0.25) is 5.75 Å². The van der Waals surface area contributed by atoms with E-state index in [2.05, 4.69) is 28.7 Å². The van der Waals surface area contributed by atoms with Gasteiger partial charge in [-0.05, 0) is 19.9 Å². The van der Waals surface area contributed by atoms with Gasteiger partial charge in [-0.3, -0.25) is 0 Å². The van der Waals surface area contributed by atoms with Crippen LogP contribution in [0, 0.1) is 0 Å². The Bertz CT molecular complexity index is 627. The molecule has 6 heteroatoms. The topological polar surface area (TPSA) is 56.7 Å². The summed E-state index contributed by atoms with van der Waals surface area (Å²) in [7, 11) is 4.78. The summed E-state index contributed by atoms with van der Waals surface area (Å²) in [4.78, 5) is 10.9. The summed E-state index contributed by atoms with van der Waals surface area (Å²) in [6, 6.07) is 1.89. The Morgan fingerprint density at radius 2 is 1.62 bits per heavy atom. The fourth-order valence-electron chi connectivity index (χ4n) is 2.43. The van der Waals surface area contributed by atoms with Gasteiger partial charge < -0.3 is 19.1 Å². The molecule has 0 saturated heterocycles. The molecule has 0 aliphatic carbocycles. The molecule has 114 valence electrons. The molecule has 0 N–H and O–H groups in total. The third kappa shape index (κ3) is 2.53. The molecule has 0 bridgehead atoms. The summed E-state index contributed by atoms with van der Waals surface area (Å²) < 4.78 is 16.3. The molecular formula is C15H21N3O3. The van der Waals surface area contributed by atoms with E-state index in [1.54, 1.807) is 27.7 Å². The molecule has 6 nitrogen and oxygen atoms in total. The summed E-state index contributed by atoms with van der Waals surface area (Å²) in [5, 5.41) is 0.885. The highest BCUT2D eigenvalue weighted by Gasteiger charge is 2.20. The van der Waals surface area contributed by atoms with Crippen LogP contribution in [0.3, 0.4) is 0 Å². The van der Waals surface area contributed by atoms with Crippen LogP contribution in [0.1, 0.15) is 13.8 Å². The average Bonchev–Trinajstić information content (AvgIpc) is 2.54. The van der Waals surface area contributed by atoms with Crippen molar-refractivity contribution in [2.75, 3.05) is 39.3 Å². The summed E-state index contributed by atoms with van der Waals surface area (Å²) in [5.74, 6) is 2.56. The van der Waals surface area contributed by atoms with Crippen LogP contribution < -0.4 is 19.1 Å². The molecular weight excluding hydrogens is 270 g/mol. The molecule has 0 amide bonds. The number of hydrogen-bond donors (Lipinski definition) is 0. The second kappa shape index (κ2) is 6.47. The van der Waals surface area contributed by atoms with Crippen LogP contribution in [0.2, 0.25) is 0 Å². The van der Waals surface area contributed by atoms with Gasteiger partial charge in [0.1, 0.15) is 17.7 Å². The lowest BCUT2D eigenvalue weighted by atomic mass is 10.1. The van der Waals surface area contributed by atoms with Crippen molar-refractivity contribution in [2.45, 2.75) is 13.8 Å². The van der Waals surface area contributed by atoms with Crippen molar-refractivity contribution in [3.63, 3.8) is 0 Å². The number of methoxy groups -OCH3 is 3. The van der Waals surface area contributed by atoms with Gasteiger partial charge >= 0.3 is 0 Å². The Morgan fingerprint density at radius 1 is 0.952 bits per heavy atom. The Hall–Kier alpha value is -2.24.